The van der Waals surface area contributed by atoms with Gasteiger partial charge >= 0.3 is 6.18 Å². The van der Waals surface area contributed by atoms with Gasteiger partial charge in [-0.15, -0.1) is 0 Å². The SMILES string of the molecule is NC(N)=NC(=O)c1ccc(C2CCN(C(=O)c3ccccc3N)CC2)c(C(F)(F)F)c1. The summed E-state index contributed by atoms with van der Waals surface area (Å²) in [6.45, 7) is 0.591. The molecule has 2 aromatic rings. The van der Waals surface area contributed by atoms with Crippen LogP contribution in [0, 0.1) is 0 Å². The van der Waals surface area contributed by atoms with E-state index < -0.39 is 29.5 Å². The maximum absolute atomic E-state index is 13.7. The Hall–Kier alpha value is -3.56. The smallest absolute Gasteiger partial charge is 0.398 e. The molecule has 1 aliphatic heterocycles. The number of nitrogens with two attached hydrogens (primary N) is 3. The molecule has 31 heavy (non-hydrogen) atoms. The number of hydrogen-bond acceptors (Lipinski definition) is 3. The highest BCUT2D eigenvalue weighted by Crippen LogP contribution is 2.39. The molecule has 10 heteroatoms. The van der Waals surface area contributed by atoms with Crippen LogP contribution in [0.4, 0.5) is 18.9 Å². The highest BCUT2D eigenvalue weighted by atomic mass is 19.4. The number of aliphatic imine (C=N–C) groups is 1. The normalized spacial score (nSPS) is 14.9. The van der Waals surface area contributed by atoms with Crippen molar-refractivity contribution in [2.24, 2.45) is 16.5 Å². The Morgan fingerprint density at radius 1 is 1.03 bits per heavy atom. The number of rotatable bonds is 3. The average molecular weight is 433 g/mol. The van der Waals surface area contributed by atoms with Crippen LogP contribution in [0.5, 0.6) is 0 Å². The Morgan fingerprint density at radius 3 is 2.26 bits per heavy atom. The van der Waals surface area contributed by atoms with Crippen molar-refractivity contribution in [2.75, 3.05) is 18.8 Å². The molecular formula is C21H22F3N5O2. The van der Waals surface area contributed by atoms with Crippen LogP contribution in [0.1, 0.15) is 50.6 Å². The molecule has 0 unspecified atom stereocenters. The van der Waals surface area contributed by atoms with Crippen molar-refractivity contribution in [3.63, 3.8) is 0 Å². The highest BCUT2D eigenvalue weighted by Gasteiger charge is 2.37. The number of nitrogens with zero attached hydrogens (tertiary/aromatic N) is 2. The first kappa shape index (κ1) is 22.1. The molecule has 164 valence electrons. The van der Waals surface area contributed by atoms with Gasteiger partial charge in [-0.3, -0.25) is 9.59 Å². The number of carbonyl (C=O) groups excluding carboxylic acids is 2. The van der Waals surface area contributed by atoms with Gasteiger partial charge in [-0.1, -0.05) is 18.2 Å². The molecule has 0 aliphatic carbocycles. The number of amides is 2. The summed E-state index contributed by atoms with van der Waals surface area (Å²) in [4.78, 5) is 29.5. The predicted octanol–water partition coefficient (Wildman–Crippen LogP) is 2.72. The van der Waals surface area contributed by atoms with Gasteiger partial charge in [0.15, 0.2) is 5.96 Å². The van der Waals surface area contributed by atoms with E-state index in [1.165, 1.54) is 12.1 Å². The van der Waals surface area contributed by atoms with Crippen molar-refractivity contribution in [3.8, 4) is 0 Å². The van der Waals surface area contributed by atoms with Crippen LogP contribution in [0.3, 0.4) is 0 Å². The Labute approximate surface area is 176 Å². The predicted molar refractivity (Wildman–Crippen MR) is 110 cm³/mol. The average Bonchev–Trinajstić information content (AvgIpc) is 2.72. The zero-order valence-corrected chi connectivity index (χ0v) is 16.5. The van der Waals surface area contributed by atoms with Gasteiger partial charge in [0.05, 0.1) is 11.1 Å². The van der Waals surface area contributed by atoms with Gasteiger partial charge in [0.25, 0.3) is 11.8 Å². The molecule has 7 nitrogen and oxygen atoms in total. The molecule has 1 heterocycles. The molecule has 1 fully saturated rings. The highest BCUT2D eigenvalue weighted by molar-refractivity contribution is 6.02. The third kappa shape index (κ3) is 4.96. The van der Waals surface area contributed by atoms with Crippen molar-refractivity contribution < 1.29 is 22.8 Å². The van der Waals surface area contributed by atoms with Crippen LogP contribution >= 0.6 is 0 Å². The first-order valence-corrected chi connectivity index (χ1v) is 9.57. The van der Waals surface area contributed by atoms with E-state index >= 15 is 0 Å². The molecule has 0 aromatic heterocycles. The molecule has 2 aromatic carbocycles. The number of hydrogen-bond donors (Lipinski definition) is 3. The van der Waals surface area contributed by atoms with Crippen molar-refractivity contribution in [1.82, 2.24) is 4.90 Å². The van der Waals surface area contributed by atoms with E-state index in [-0.39, 0.29) is 17.0 Å². The number of likely N-dealkylation sites (tertiary alicyclic amines) is 1. The van der Waals surface area contributed by atoms with Gasteiger partial charge in [-0.05, 0) is 48.6 Å². The third-order valence-corrected chi connectivity index (χ3v) is 5.25. The standard InChI is InChI=1S/C21H22F3N5O2/c22-21(23,24)16-11-13(18(30)28-20(26)27)5-6-14(16)12-7-9-29(10-8-12)19(31)15-3-1-2-4-17(15)25/h1-6,11-12H,7-10,25H2,(H4,26,27,28,30). The Balaban J connectivity index is 1.81. The third-order valence-electron chi connectivity index (χ3n) is 5.25. The molecule has 0 radical (unpaired) electrons. The number of para-hydroxylation sites is 1. The van der Waals surface area contributed by atoms with Gasteiger partial charge in [0.2, 0.25) is 0 Å². The van der Waals surface area contributed by atoms with Crippen LogP contribution in [0.15, 0.2) is 47.5 Å². The van der Waals surface area contributed by atoms with E-state index in [9.17, 15) is 22.8 Å². The molecule has 1 aliphatic rings. The van der Waals surface area contributed by atoms with Crippen molar-refractivity contribution in [1.29, 1.82) is 0 Å². The number of piperidine rings is 1. The minimum absolute atomic E-state index is 0.0834. The number of halogens is 3. The zero-order chi connectivity index (χ0) is 22.8. The van der Waals surface area contributed by atoms with E-state index in [1.54, 1.807) is 29.2 Å². The molecular weight excluding hydrogens is 411 g/mol. The summed E-state index contributed by atoms with van der Waals surface area (Å²) in [6, 6.07) is 10.0. The summed E-state index contributed by atoms with van der Waals surface area (Å²) in [6.07, 6.45) is -3.96. The molecule has 0 bridgehead atoms. The van der Waals surface area contributed by atoms with E-state index in [2.05, 4.69) is 4.99 Å². The van der Waals surface area contributed by atoms with Crippen LogP contribution in [0.25, 0.3) is 0 Å². The Morgan fingerprint density at radius 2 is 1.68 bits per heavy atom. The summed E-state index contributed by atoms with van der Waals surface area (Å²) in [7, 11) is 0. The van der Waals surface area contributed by atoms with Gasteiger partial charge in [-0.25, -0.2) is 0 Å². The molecule has 6 N–H and O–H groups in total. The lowest BCUT2D eigenvalue weighted by Crippen LogP contribution is -2.38. The largest absolute Gasteiger partial charge is 0.416 e. The molecule has 0 spiro atoms. The van der Waals surface area contributed by atoms with Crippen LogP contribution in [0.2, 0.25) is 0 Å². The fourth-order valence-electron chi connectivity index (χ4n) is 3.73. The van der Waals surface area contributed by atoms with Crippen molar-refractivity contribution in [3.05, 3.63) is 64.7 Å². The van der Waals surface area contributed by atoms with Crippen molar-refractivity contribution in [2.45, 2.75) is 24.9 Å². The monoisotopic (exact) mass is 433 g/mol. The van der Waals surface area contributed by atoms with Crippen LogP contribution < -0.4 is 17.2 Å². The van der Waals surface area contributed by atoms with E-state index in [4.69, 9.17) is 17.2 Å². The number of alkyl halides is 3. The van der Waals surface area contributed by atoms with Gasteiger partial charge in [0, 0.05) is 24.3 Å². The molecule has 0 atom stereocenters. The second kappa shape index (κ2) is 8.66. The lowest BCUT2D eigenvalue weighted by molar-refractivity contribution is -0.138. The Kier molecular flexibility index (Phi) is 6.19. The maximum Gasteiger partial charge on any atom is 0.416 e. The number of benzene rings is 2. The van der Waals surface area contributed by atoms with Crippen LogP contribution in [-0.2, 0) is 6.18 Å². The maximum atomic E-state index is 13.7. The lowest BCUT2D eigenvalue weighted by atomic mass is 9.85. The first-order valence-electron chi connectivity index (χ1n) is 9.57. The summed E-state index contributed by atoms with van der Waals surface area (Å²) in [5.41, 5.74) is 15.8. The van der Waals surface area contributed by atoms with Crippen LogP contribution in [-0.4, -0.2) is 35.8 Å². The van der Waals surface area contributed by atoms with Gasteiger partial charge in [-0.2, -0.15) is 18.2 Å². The zero-order valence-electron chi connectivity index (χ0n) is 16.5. The van der Waals surface area contributed by atoms with Gasteiger partial charge in [0.1, 0.15) is 0 Å². The molecule has 0 saturated carbocycles. The number of anilines is 1. The van der Waals surface area contributed by atoms with E-state index in [0.717, 1.165) is 6.07 Å². The summed E-state index contributed by atoms with van der Waals surface area (Å²) in [5.74, 6) is -2.14. The quantitative estimate of drug-likeness (QED) is 0.390. The van der Waals surface area contributed by atoms with E-state index in [0.29, 0.717) is 37.2 Å². The summed E-state index contributed by atoms with van der Waals surface area (Å²) < 4.78 is 41.1. The minimum Gasteiger partial charge on any atom is -0.398 e. The van der Waals surface area contributed by atoms with E-state index in [1.807, 2.05) is 0 Å². The number of guanidine groups is 1. The number of carbonyl (C=O) groups is 2. The Bertz CT molecular complexity index is 1020. The fourth-order valence-corrected chi connectivity index (χ4v) is 3.73. The number of nitrogen functional groups attached to an aromatic ring is 1. The van der Waals surface area contributed by atoms with Gasteiger partial charge < -0.3 is 22.1 Å². The summed E-state index contributed by atoms with van der Waals surface area (Å²) in [5, 5.41) is 0. The minimum atomic E-state index is -4.66. The lowest BCUT2D eigenvalue weighted by Gasteiger charge is -2.33. The molecule has 3 rings (SSSR count). The second-order valence-electron chi connectivity index (χ2n) is 7.30. The second-order valence-corrected chi connectivity index (χ2v) is 7.30. The first-order chi connectivity index (χ1) is 14.6. The summed E-state index contributed by atoms with van der Waals surface area (Å²) >= 11 is 0. The van der Waals surface area contributed by atoms with Crippen molar-refractivity contribution >= 4 is 23.5 Å². The topological polar surface area (TPSA) is 128 Å². The molecule has 2 amide bonds. The molecule has 1 saturated heterocycles. The fraction of sp³-hybridized carbons (Fsp3) is 0.286.